The van der Waals surface area contributed by atoms with E-state index in [-0.39, 0.29) is 36.7 Å². The van der Waals surface area contributed by atoms with Gasteiger partial charge in [-0.3, -0.25) is 19.0 Å². The number of methoxy groups -OCH3 is 1. The number of hydrogen-bond donors (Lipinski definition) is 1. The molecule has 29 heavy (non-hydrogen) atoms. The molecule has 2 aromatic heterocycles. The average molecular weight is 395 g/mol. The van der Waals surface area contributed by atoms with E-state index in [9.17, 15) is 14.4 Å². The van der Waals surface area contributed by atoms with Crippen molar-refractivity contribution in [2.24, 2.45) is 0 Å². The van der Waals surface area contributed by atoms with E-state index in [0.717, 1.165) is 16.0 Å². The predicted molar refractivity (Wildman–Crippen MR) is 107 cm³/mol. The van der Waals surface area contributed by atoms with Crippen LogP contribution in [0.3, 0.4) is 0 Å². The van der Waals surface area contributed by atoms with Gasteiger partial charge in [0.25, 0.3) is 11.1 Å². The third-order valence-electron chi connectivity index (χ3n) is 4.23. The van der Waals surface area contributed by atoms with Crippen molar-refractivity contribution in [3.05, 3.63) is 75.2 Å². The lowest BCUT2D eigenvalue weighted by Crippen LogP contribution is -2.36. The van der Waals surface area contributed by atoms with E-state index in [2.05, 4.69) is 15.4 Å². The molecule has 0 aliphatic rings. The topological polar surface area (TPSA) is 108 Å². The summed E-state index contributed by atoms with van der Waals surface area (Å²) in [7, 11) is 1.59. The van der Waals surface area contributed by atoms with Crippen molar-refractivity contribution in [3.63, 3.8) is 0 Å². The van der Waals surface area contributed by atoms with Gasteiger partial charge in [-0.05, 0) is 37.3 Å². The molecule has 0 aliphatic carbocycles. The van der Waals surface area contributed by atoms with Crippen LogP contribution in [0, 0.1) is 6.92 Å². The predicted octanol–water partition coefficient (Wildman–Crippen LogP) is 0.600. The molecular formula is C20H21N5O4. The molecule has 0 radical (unpaired) electrons. The highest BCUT2D eigenvalue weighted by atomic mass is 16.5. The summed E-state index contributed by atoms with van der Waals surface area (Å²) in [5.74, 6) is 0.363. The average Bonchev–Trinajstić information content (AvgIpc) is 2.72. The summed E-state index contributed by atoms with van der Waals surface area (Å²) in [5.41, 5.74) is 1.44. The summed E-state index contributed by atoms with van der Waals surface area (Å²) in [6, 6.07) is 11.6. The molecule has 1 aromatic carbocycles. The normalized spacial score (nSPS) is 10.6. The maximum absolute atomic E-state index is 12.3. The fraction of sp³-hybridized carbons (Fsp3) is 0.250. The van der Waals surface area contributed by atoms with E-state index < -0.39 is 0 Å². The zero-order chi connectivity index (χ0) is 20.8. The zero-order valence-corrected chi connectivity index (χ0v) is 16.2. The van der Waals surface area contributed by atoms with Crippen LogP contribution in [0.1, 0.15) is 5.69 Å². The Hall–Kier alpha value is -3.75. The lowest BCUT2D eigenvalue weighted by Gasteiger charge is -2.09. The van der Waals surface area contributed by atoms with Crippen LogP contribution < -0.4 is 21.2 Å². The molecule has 2 heterocycles. The summed E-state index contributed by atoms with van der Waals surface area (Å²) in [4.78, 5) is 40.3. The first kappa shape index (κ1) is 20.0. The van der Waals surface area contributed by atoms with Gasteiger partial charge in [-0.25, -0.2) is 9.67 Å². The van der Waals surface area contributed by atoms with Gasteiger partial charge >= 0.3 is 0 Å². The molecule has 0 saturated heterocycles. The molecular weight excluding hydrogens is 374 g/mol. The van der Waals surface area contributed by atoms with Crippen LogP contribution in [0.5, 0.6) is 5.75 Å². The smallest absolute Gasteiger partial charge is 0.267 e. The van der Waals surface area contributed by atoms with Crippen LogP contribution in [0.2, 0.25) is 0 Å². The van der Waals surface area contributed by atoms with E-state index in [4.69, 9.17) is 4.74 Å². The Morgan fingerprint density at radius 2 is 1.86 bits per heavy atom. The van der Waals surface area contributed by atoms with E-state index >= 15 is 0 Å². The largest absolute Gasteiger partial charge is 0.497 e. The summed E-state index contributed by atoms with van der Waals surface area (Å²) in [5, 5.41) is 6.69. The second kappa shape index (κ2) is 8.96. The second-order valence-electron chi connectivity index (χ2n) is 6.35. The fourth-order valence-electron chi connectivity index (χ4n) is 2.69. The first-order valence-corrected chi connectivity index (χ1v) is 8.98. The van der Waals surface area contributed by atoms with Gasteiger partial charge in [0.05, 0.1) is 24.8 Å². The molecule has 3 aromatic rings. The van der Waals surface area contributed by atoms with Crippen molar-refractivity contribution in [2.45, 2.75) is 20.0 Å². The number of benzene rings is 1. The number of aromatic nitrogens is 4. The van der Waals surface area contributed by atoms with Gasteiger partial charge < -0.3 is 10.1 Å². The monoisotopic (exact) mass is 395 g/mol. The number of hydrogen-bond acceptors (Lipinski definition) is 6. The van der Waals surface area contributed by atoms with Crippen LogP contribution in [0.4, 0.5) is 0 Å². The molecule has 0 aliphatic heterocycles. The number of nitrogens with one attached hydrogen (secondary N) is 1. The number of aryl methyl sites for hydroxylation is 1. The Kier molecular flexibility index (Phi) is 6.18. The van der Waals surface area contributed by atoms with Crippen molar-refractivity contribution < 1.29 is 9.53 Å². The highest BCUT2D eigenvalue weighted by Gasteiger charge is 2.07. The first-order valence-electron chi connectivity index (χ1n) is 8.98. The summed E-state index contributed by atoms with van der Waals surface area (Å²) in [6.45, 7) is 2.05. The maximum Gasteiger partial charge on any atom is 0.267 e. The van der Waals surface area contributed by atoms with Crippen molar-refractivity contribution in [1.82, 2.24) is 24.6 Å². The standard InChI is InChI=1S/C20H21N5O4/c1-14-3-8-19(27)25(23-14)12-18(26)21-9-10-24-13-22-17(11-20(24)28)15-4-6-16(29-2)7-5-15/h3-8,11,13H,9-10,12H2,1-2H3,(H,21,26). The lowest BCUT2D eigenvalue weighted by atomic mass is 10.1. The van der Waals surface area contributed by atoms with Gasteiger partial charge in [-0.1, -0.05) is 0 Å². The van der Waals surface area contributed by atoms with Crippen LogP contribution in [0.15, 0.2) is 58.4 Å². The third-order valence-corrected chi connectivity index (χ3v) is 4.23. The summed E-state index contributed by atoms with van der Waals surface area (Å²) >= 11 is 0. The van der Waals surface area contributed by atoms with Gasteiger partial charge in [0.2, 0.25) is 5.91 Å². The Balaban J connectivity index is 1.58. The Morgan fingerprint density at radius 1 is 1.10 bits per heavy atom. The Labute approximate surface area is 166 Å². The van der Waals surface area contributed by atoms with Crippen molar-refractivity contribution in [1.29, 1.82) is 0 Å². The van der Waals surface area contributed by atoms with Crippen LogP contribution >= 0.6 is 0 Å². The Morgan fingerprint density at radius 3 is 2.55 bits per heavy atom. The molecule has 0 unspecified atom stereocenters. The van der Waals surface area contributed by atoms with Crippen molar-refractivity contribution in [2.75, 3.05) is 13.7 Å². The minimum absolute atomic E-state index is 0.177. The van der Waals surface area contributed by atoms with Gasteiger partial charge in [0.1, 0.15) is 12.3 Å². The van der Waals surface area contributed by atoms with Crippen LogP contribution in [-0.2, 0) is 17.9 Å². The highest BCUT2D eigenvalue weighted by Crippen LogP contribution is 2.19. The van der Waals surface area contributed by atoms with E-state index in [1.165, 1.54) is 23.0 Å². The van der Waals surface area contributed by atoms with Gasteiger partial charge in [0, 0.05) is 30.8 Å². The quantitative estimate of drug-likeness (QED) is 0.628. The number of rotatable bonds is 7. The summed E-state index contributed by atoms with van der Waals surface area (Å²) in [6.07, 6.45) is 1.45. The lowest BCUT2D eigenvalue weighted by molar-refractivity contribution is -0.121. The number of ether oxygens (including phenoxy) is 1. The second-order valence-corrected chi connectivity index (χ2v) is 6.35. The van der Waals surface area contributed by atoms with Crippen molar-refractivity contribution in [3.8, 4) is 17.0 Å². The zero-order valence-electron chi connectivity index (χ0n) is 16.2. The molecule has 150 valence electrons. The van der Waals surface area contributed by atoms with Gasteiger partial charge in [-0.2, -0.15) is 5.10 Å². The maximum atomic E-state index is 12.3. The molecule has 0 atom stereocenters. The fourth-order valence-corrected chi connectivity index (χ4v) is 2.69. The SMILES string of the molecule is COc1ccc(-c2cc(=O)n(CCNC(=O)Cn3nc(C)ccc3=O)cn2)cc1. The molecule has 0 bridgehead atoms. The Bertz CT molecular complexity index is 1120. The van der Waals surface area contributed by atoms with Crippen molar-refractivity contribution >= 4 is 5.91 Å². The molecule has 1 N–H and O–H groups in total. The highest BCUT2D eigenvalue weighted by molar-refractivity contribution is 5.75. The number of nitrogens with zero attached hydrogens (tertiary/aromatic N) is 4. The van der Waals surface area contributed by atoms with E-state index in [1.807, 2.05) is 12.1 Å². The molecule has 1 amide bonds. The number of carbonyl (C=O) groups excluding carboxylic acids is 1. The molecule has 0 saturated carbocycles. The van der Waals surface area contributed by atoms with Crippen LogP contribution in [-0.4, -0.2) is 38.9 Å². The molecule has 0 fully saturated rings. The van der Waals surface area contributed by atoms with Crippen LogP contribution in [0.25, 0.3) is 11.3 Å². The van der Waals surface area contributed by atoms with E-state index in [0.29, 0.717) is 11.4 Å². The number of amides is 1. The molecule has 9 heteroatoms. The molecule has 9 nitrogen and oxygen atoms in total. The first-order chi connectivity index (χ1) is 14.0. The summed E-state index contributed by atoms with van der Waals surface area (Å²) < 4.78 is 7.62. The van der Waals surface area contributed by atoms with E-state index in [1.54, 1.807) is 32.2 Å². The molecule has 0 spiro atoms. The number of carbonyl (C=O) groups is 1. The van der Waals surface area contributed by atoms with Gasteiger partial charge in [-0.15, -0.1) is 0 Å². The minimum Gasteiger partial charge on any atom is -0.497 e. The van der Waals surface area contributed by atoms with Gasteiger partial charge in [0.15, 0.2) is 0 Å². The minimum atomic E-state index is -0.360. The third kappa shape index (κ3) is 5.16. The molecule has 3 rings (SSSR count).